The zero-order valence-electron chi connectivity index (χ0n) is 13.5. The van der Waals surface area contributed by atoms with Gasteiger partial charge in [0.15, 0.2) is 0 Å². The summed E-state index contributed by atoms with van der Waals surface area (Å²) >= 11 is 5.85. The number of benzene rings is 1. The first-order valence-corrected chi connectivity index (χ1v) is 8.32. The summed E-state index contributed by atoms with van der Waals surface area (Å²) in [6.07, 6.45) is 4.46. The van der Waals surface area contributed by atoms with E-state index in [0.29, 0.717) is 17.0 Å². The van der Waals surface area contributed by atoms with Crippen LogP contribution >= 0.6 is 11.6 Å². The van der Waals surface area contributed by atoms with E-state index >= 15 is 0 Å². The van der Waals surface area contributed by atoms with E-state index in [1.807, 2.05) is 6.07 Å². The molecule has 0 saturated heterocycles. The van der Waals surface area contributed by atoms with E-state index in [9.17, 15) is 4.39 Å². The van der Waals surface area contributed by atoms with E-state index in [1.54, 1.807) is 6.07 Å². The summed E-state index contributed by atoms with van der Waals surface area (Å²) in [4.78, 5) is 0. The Morgan fingerprint density at radius 1 is 1.33 bits per heavy atom. The fourth-order valence-corrected chi connectivity index (χ4v) is 4.08. The molecule has 118 valence electrons. The van der Waals surface area contributed by atoms with E-state index in [-0.39, 0.29) is 11.2 Å². The second-order valence-corrected chi connectivity index (χ2v) is 7.76. The standard InChI is InChI=1S/C18H27ClFN/c1-12-5-8-15(17(9-12)21-4)18(2,3)11-13-6-7-14(19)10-16(13)20/h6-7,10,12,15,17,21H,5,8-9,11H2,1-4H3. The largest absolute Gasteiger partial charge is 0.317 e. The lowest BCUT2D eigenvalue weighted by Crippen LogP contribution is -2.46. The Bertz CT molecular complexity index is 486. The Hall–Kier alpha value is -0.600. The van der Waals surface area contributed by atoms with E-state index in [2.05, 4.69) is 33.1 Å². The highest BCUT2D eigenvalue weighted by molar-refractivity contribution is 6.30. The van der Waals surface area contributed by atoms with Crippen LogP contribution in [0.4, 0.5) is 4.39 Å². The van der Waals surface area contributed by atoms with Crippen molar-refractivity contribution >= 4 is 11.6 Å². The average Bonchev–Trinajstić information content (AvgIpc) is 2.41. The smallest absolute Gasteiger partial charge is 0.127 e. The molecule has 0 amide bonds. The first-order valence-electron chi connectivity index (χ1n) is 7.94. The molecule has 1 saturated carbocycles. The van der Waals surface area contributed by atoms with Gasteiger partial charge in [0.25, 0.3) is 0 Å². The van der Waals surface area contributed by atoms with Gasteiger partial charge in [-0.2, -0.15) is 0 Å². The van der Waals surface area contributed by atoms with Crippen LogP contribution in [0, 0.1) is 23.1 Å². The number of hydrogen-bond acceptors (Lipinski definition) is 1. The van der Waals surface area contributed by atoms with Crippen LogP contribution in [0.5, 0.6) is 0 Å². The quantitative estimate of drug-likeness (QED) is 0.818. The molecule has 0 radical (unpaired) electrons. The Morgan fingerprint density at radius 3 is 2.67 bits per heavy atom. The maximum atomic E-state index is 14.1. The van der Waals surface area contributed by atoms with Gasteiger partial charge in [0.2, 0.25) is 0 Å². The molecule has 3 unspecified atom stereocenters. The lowest BCUT2D eigenvalue weighted by Gasteiger charge is -2.44. The van der Waals surface area contributed by atoms with Gasteiger partial charge >= 0.3 is 0 Å². The molecule has 21 heavy (non-hydrogen) atoms. The molecule has 1 fully saturated rings. The highest BCUT2D eigenvalue weighted by Crippen LogP contribution is 2.42. The Kier molecular flexibility index (Phi) is 5.32. The minimum atomic E-state index is -0.180. The molecule has 1 aromatic carbocycles. The van der Waals surface area contributed by atoms with Crippen LogP contribution in [0.25, 0.3) is 0 Å². The predicted molar refractivity (Wildman–Crippen MR) is 88.2 cm³/mol. The molecule has 1 aliphatic rings. The summed E-state index contributed by atoms with van der Waals surface area (Å²) in [5, 5.41) is 3.95. The van der Waals surface area contributed by atoms with Crippen LogP contribution in [0.2, 0.25) is 5.02 Å². The Balaban J connectivity index is 2.16. The molecule has 1 nitrogen and oxygen atoms in total. The van der Waals surface area contributed by atoms with Crippen molar-refractivity contribution < 1.29 is 4.39 Å². The van der Waals surface area contributed by atoms with Crippen molar-refractivity contribution in [3.05, 3.63) is 34.6 Å². The Morgan fingerprint density at radius 2 is 2.05 bits per heavy atom. The molecule has 1 aliphatic carbocycles. The van der Waals surface area contributed by atoms with Crippen LogP contribution in [0.15, 0.2) is 18.2 Å². The van der Waals surface area contributed by atoms with Crippen LogP contribution in [-0.4, -0.2) is 13.1 Å². The normalized spacial score (nSPS) is 26.9. The summed E-state index contributed by atoms with van der Waals surface area (Å²) in [6, 6.07) is 5.57. The van der Waals surface area contributed by atoms with Gasteiger partial charge in [0.1, 0.15) is 5.82 Å². The number of nitrogens with one attached hydrogen (secondary N) is 1. The summed E-state index contributed by atoms with van der Waals surface area (Å²) in [5.74, 6) is 1.18. The third-order valence-corrected chi connectivity index (χ3v) is 5.38. The van der Waals surface area contributed by atoms with Crippen molar-refractivity contribution in [1.82, 2.24) is 5.32 Å². The van der Waals surface area contributed by atoms with Gasteiger partial charge in [-0.05, 0) is 61.3 Å². The van der Waals surface area contributed by atoms with Crippen molar-refractivity contribution in [2.75, 3.05) is 7.05 Å². The van der Waals surface area contributed by atoms with E-state index in [1.165, 1.54) is 25.3 Å². The predicted octanol–water partition coefficient (Wildman–Crippen LogP) is 5.07. The molecule has 0 bridgehead atoms. The zero-order chi connectivity index (χ0) is 15.6. The van der Waals surface area contributed by atoms with Crippen LogP contribution in [0.1, 0.15) is 45.6 Å². The Labute approximate surface area is 133 Å². The highest BCUT2D eigenvalue weighted by atomic mass is 35.5. The summed E-state index contributed by atoms with van der Waals surface area (Å²) in [5.41, 5.74) is 0.848. The minimum Gasteiger partial charge on any atom is -0.317 e. The monoisotopic (exact) mass is 311 g/mol. The van der Waals surface area contributed by atoms with Crippen molar-refractivity contribution in [3.63, 3.8) is 0 Å². The van der Waals surface area contributed by atoms with E-state index < -0.39 is 0 Å². The number of hydrogen-bond donors (Lipinski definition) is 1. The third kappa shape index (κ3) is 3.98. The lowest BCUT2D eigenvalue weighted by molar-refractivity contribution is 0.0973. The van der Waals surface area contributed by atoms with Gasteiger partial charge in [-0.3, -0.25) is 0 Å². The molecule has 1 N–H and O–H groups in total. The molecule has 3 heteroatoms. The molecule has 0 aliphatic heterocycles. The second kappa shape index (κ2) is 6.66. The molecule has 2 rings (SSSR count). The fraction of sp³-hybridized carbons (Fsp3) is 0.667. The van der Waals surface area contributed by atoms with Gasteiger partial charge < -0.3 is 5.32 Å². The third-order valence-electron chi connectivity index (χ3n) is 5.15. The van der Waals surface area contributed by atoms with Crippen molar-refractivity contribution in [2.24, 2.45) is 17.3 Å². The summed E-state index contributed by atoms with van der Waals surface area (Å²) in [6.45, 7) is 6.87. The van der Waals surface area contributed by atoms with Gasteiger partial charge in [-0.1, -0.05) is 44.9 Å². The first-order chi connectivity index (χ1) is 9.83. The molecule has 1 aromatic rings. The van der Waals surface area contributed by atoms with Crippen LogP contribution in [-0.2, 0) is 6.42 Å². The maximum Gasteiger partial charge on any atom is 0.127 e. The van der Waals surface area contributed by atoms with Crippen molar-refractivity contribution in [2.45, 2.75) is 52.5 Å². The zero-order valence-corrected chi connectivity index (χ0v) is 14.3. The van der Waals surface area contributed by atoms with Crippen LogP contribution in [0.3, 0.4) is 0 Å². The molecule has 0 aromatic heterocycles. The maximum absolute atomic E-state index is 14.1. The molecule has 0 spiro atoms. The minimum absolute atomic E-state index is 0.0719. The SMILES string of the molecule is CNC1CC(C)CCC1C(C)(C)Cc1ccc(Cl)cc1F. The highest BCUT2D eigenvalue weighted by Gasteiger charge is 2.38. The topological polar surface area (TPSA) is 12.0 Å². The van der Waals surface area contributed by atoms with E-state index in [4.69, 9.17) is 11.6 Å². The number of rotatable bonds is 4. The lowest BCUT2D eigenvalue weighted by atomic mass is 9.64. The van der Waals surface area contributed by atoms with Crippen LogP contribution < -0.4 is 5.32 Å². The molecule has 3 atom stereocenters. The number of halogens is 2. The van der Waals surface area contributed by atoms with Gasteiger partial charge in [-0.15, -0.1) is 0 Å². The fourth-order valence-electron chi connectivity index (χ4n) is 3.92. The second-order valence-electron chi connectivity index (χ2n) is 7.32. The van der Waals surface area contributed by atoms with Gasteiger partial charge in [-0.25, -0.2) is 4.39 Å². The van der Waals surface area contributed by atoms with Gasteiger partial charge in [0.05, 0.1) is 0 Å². The summed E-state index contributed by atoms with van der Waals surface area (Å²) < 4.78 is 14.1. The van der Waals surface area contributed by atoms with Gasteiger partial charge in [0, 0.05) is 11.1 Å². The first kappa shape index (κ1) is 16.8. The molecular formula is C18H27ClFN. The summed E-state index contributed by atoms with van der Waals surface area (Å²) in [7, 11) is 2.05. The average molecular weight is 312 g/mol. The van der Waals surface area contributed by atoms with Crippen molar-refractivity contribution in [1.29, 1.82) is 0 Å². The molecular weight excluding hydrogens is 285 g/mol. The van der Waals surface area contributed by atoms with Crippen molar-refractivity contribution in [3.8, 4) is 0 Å². The molecule has 0 heterocycles. The van der Waals surface area contributed by atoms with E-state index in [0.717, 1.165) is 17.9 Å².